The van der Waals surface area contributed by atoms with E-state index in [9.17, 15) is 19.5 Å². The summed E-state index contributed by atoms with van der Waals surface area (Å²) in [6, 6.07) is 6.23. The third-order valence-electron chi connectivity index (χ3n) is 3.39. The zero-order valence-corrected chi connectivity index (χ0v) is 14.4. The fourth-order valence-corrected chi connectivity index (χ4v) is 3.64. The Morgan fingerprint density at radius 1 is 1.38 bits per heavy atom. The first-order valence-electron chi connectivity index (χ1n) is 7.08. The van der Waals surface area contributed by atoms with E-state index in [0.29, 0.717) is 4.91 Å². The van der Waals surface area contributed by atoms with E-state index in [0.717, 1.165) is 27.8 Å². The van der Waals surface area contributed by atoms with Gasteiger partial charge in [-0.2, -0.15) is 0 Å². The molecule has 2 rings (SSSR count). The summed E-state index contributed by atoms with van der Waals surface area (Å²) < 4.78 is 0.122. The summed E-state index contributed by atoms with van der Waals surface area (Å²) in [6.07, 6.45) is 1.10. The molecule has 1 amide bonds. The second-order valence-corrected chi connectivity index (χ2v) is 6.93. The maximum atomic E-state index is 12.5. The van der Waals surface area contributed by atoms with Crippen molar-refractivity contribution in [2.45, 2.75) is 25.8 Å². The number of carboxylic acid groups (broad SMARTS) is 2. The maximum absolute atomic E-state index is 12.5. The number of thioether (sulfide) groups is 1. The summed E-state index contributed by atoms with van der Waals surface area (Å²) in [6.45, 7) is 1.93. The molecule has 1 aliphatic heterocycles. The Kier molecular flexibility index (Phi) is 5.74. The molecule has 126 valence electrons. The predicted molar refractivity (Wildman–Crippen MR) is 94.5 cm³/mol. The Bertz CT molecular complexity index is 744. The average Bonchev–Trinajstić information content (AvgIpc) is 2.74. The third kappa shape index (κ3) is 4.21. The number of hydrogen-bond donors (Lipinski definition) is 2. The Morgan fingerprint density at radius 2 is 2.08 bits per heavy atom. The normalized spacial score (nSPS) is 17.4. The summed E-state index contributed by atoms with van der Waals surface area (Å²) >= 11 is 6.15. The molecule has 0 unspecified atom stereocenters. The van der Waals surface area contributed by atoms with Crippen molar-refractivity contribution in [1.29, 1.82) is 0 Å². The smallest absolute Gasteiger partial charge is 0.326 e. The molecule has 0 aromatic heterocycles. The van der Waals surface area contributed by atoms with Gasteiger partial charge in [0.25, 0.3) is 5.91 Å². The van der Waals surface area contributed by atoms with Gasteiger partial charge < -0.3 is 10.2 Å². The molecule has 1 atom stereocenters. The summed E-state index contributed by atoms with van der Waals surface area (Å²) in [5, 5.41) is 18.1. The van der Waals surface area contributed by atoms with E-state index in [-0.39, 0.29) is 17.2 Å². The average molecular weight is 365 g/mol. The molecule has 0 aliphatic carbocycles. The van der Waals surface area contributed by atoms with E-state index in [1.807, 2.05) is 31.2 Å². The molecular weight excluding hydrogens is 350 g/mol. The molecule has 0 spiro atoms. The van der Waals surface area contributed by atoms with Crippen molar-refractivity contribution in [1.82, 2.24) is 4.90 Å². The van der Waals surface area contributed by atoms with Gasteiger partial charge in [-0.1, -0.05) is 53.8 Å². The van der Waals surface area contributed by atoms with Crippen molar-refractivity contribution in [3.05, 3.63) is 40.3 Å². The van der Waals surface area contributed by atoms with Crippen LogP contribution in [-0.4, -0.2) is 43.3 Å². The molecule has 0 saturated carbocycles. The molecule has 0 radical (unpaired) electrons. The lowest BCUT2D eigenvalue weighted by atomic mass is 10.1. The minimum atomic E-state index is -1.28. The molecule has 24 heavy (non-hydrogen) atoms. The highest BCUT2D eigenvalue weighted by molar-refractivity contribution is 8.26. The molecule has 6 nitrogen and oxygen atoms in total. The van der Waals surface area contributed by atoms with Crippen LogP contribution in [0.3, 0.4) is 0 Å². The maximum Gasteiger partial charge on any atom is 0.326 e. The van der Waals surface area contributed by atoms with E-state index in [4.69, 9.17) is 17.3 Å². The Labute approximate surface area is 148 Å². The van der Waals surface area contributed by atoms with Crippen molar-refractivity contribution < 1.29 is 24.6 Å². The highest BCUT2D eigenvalue weighted by atomic mass is 32.2. The highest BCUT2D eigenvalue weighted by Crippen LogP contribution is 2.35. The predicted octanol–water partition coefficient (Wildman–Crippen LogP) is 2.51. The van der Waals surface area contributed by atoms with Crippen LogP contribution in [-0.2, 0) is 14.4 Å². The molecule has 1 aromatic rings. The highest BCUT2D eigenvalue weighted by Gasteiger charge is 2.40. The summed E-state index contributed by atoms with van der Waals surface area (Å²) in [4.78, 5) is 36.0. The topological polar surface area (TPSA) is 94.9 Å². The number of aliphatic carboxylic acids is 2. The van der Waals surface area contributed by atoms with Crippen LogP contribution in [0.2, 0.25) is 0 Å². The summed E-state index contributed by atoms with van der Waals surface area (Å²) in [5.74, 6) is -2.91. The van der Waals surface area contributed by atoms with Crippen molar-refractivity contribution in [3.63, 3.8) is 0 Å². The molecule has 2 N–H and O–H groups in total. The van der Waals surface area contributed by atoms with Crippen LogP contribution >= 0.6 is 24.0 Å². The van der Waals surface area contributed by atoms with Gasteiger partial charge in [0, 0.05) is 6.42 Å². The molecule has 1 fully saturated rings. The van der Waals surface area contributed by atoms with Gasteiger partial charge in [0.2, 0.25) is 0 Å². The molecule has 1 saturated heterocycles. The fourth-order valence-electron chi connectivity index (χ4n) is 2.28. The summed E-state index contributed by atoms with van der Waals surface area (Å²) in [7, 11) is 0. The third-order valence-corrected chi connectivity index (χ3v) is 4.72. The standard InChI is InChI=1S/C16H15NO5S2/c1-9-3-2-4-10(7-9)8-12-14(20)17(16(23)24-12)11(15(21)22)5-6-13(18)19/h2-4,7-8,11H,5-6H2,1H3,(H,18,19)(H,21,22)/b12-8+/t11-/m0/s1. The Balaban J connectivity index is 2.26. The first kappa shape index (κ1) is 18.2. The lowest BCUT2D eigenvalue weighted by Crippen LogP contribution is -2.44. The number of thiocarbonyl (C=S) groups is 1. The van der Waals surface area contributed by atoms with Gasteiger partial charge >= 0.3 is 11.9 Å². The number of carbonyl (C=O) groups excluding carboxylic acids is 1. The second kappa shape index (κ2) is 7.59. The number of amides is 1. The molecular formula is C16H15NO5S2. The molecule has 1 aromatic carbocycles. The van der Waals surface area contributed by atoms with Crippen LogP contribution in [0, 0.1) is 6.92 Å². The zero-order chi connectivity index (χ0) is 17.9. The quantitative estimate of drug-likeness (QED) is 0.591. The zero-order valence-electron chi connectivity index (χ0n) is 12.8. The molecule has 8 heteroatoms. The van der Waals surface area contributed by atoms with E-state index in [1.165, 1.54) is 0 Å². The van der Waals surface area contributed by atoms with E-state index < -0.39 is 23.9 Å². The Morgan fingerprint density at radius 3 is 2.67 bits per heavy atom. The van der Waals surface area contributed by atoms with Gasteiger partial charge in [-0.05, 0) is 25.0 Å². The van der Waals surface area contributed by atoms with E-state index in [2.05, 4.69) is 0 Å². The number of nitrogens with zero attached hydrogens (tertiary/aromatic N) is 1. The lowest BCUT2D eigenvalue weighted by molar-refractivity contribution is -0.146. The number of hydrogen-bond acceptors (Lipinski definition) is 5. The van der Waals surface area contributed by atoms with Crippen molar-refractivity contribution in [2.24, 2.45) is 0 Å². The molecule has 1 heterocycles. The number of aryl methyl sites for hydroxylation is 1. The van der Waals surface area contributed by atoms with E-state index in [1.54, 1.807) is 6.08 Å². The van der Waals surface area contributed by atoms with Crippen LogP contribution in [0.4, 0.5) is 0 Å². The van der Waals surface area contributed by atoms with Gasteiger partial charge in [-0.3, -0.25) is 14.5 Å². The first-order valence-corrected chi connectivity index (χ1v) is 8.30. The second-order valence-electron chi connectivity index (χ2n) is 5.25. The van der Waals surface area contributed by atoms with Crippen LogP contribution in [0.25, 0.3) is 6.08 Å². The van der Waals surface area contributed by atoms with E-state index >= 15 is 0 Å². The van der Waals surface area contributed by atoms with Gasteiger partial charge in [0.05, 0.1) is 4.91 Å². The number of carboxylic acids is 2. The van der Waals surface area contributed by atoms with Crippen molar-refractivity contribution in [2.75, 3.05) is 0 Å². The summed E-state index contributed by atoms with van der Waals surface area (Å²) in [5.41, 5.74) is 1.84. The molecule has 0 bridgehead atoms. The SMILES string of the molecule is Cc1cccc(/C=C2/SC(=S)N([C@@H](CCC(=O)O)C(=O)O)C2=O)c1. The van der Waals surface area contributed by atoms with Gasteiger partial charge in [-0.15, -0.1) is 0 Å². The number of carbonyl (C=O) groups is 3. The monoisotopic (exact) mass is 365 g/mol. The minimum absolute atomic E-state index is 0.122. The minimum Gasteiger partial charge on any atom is -0.481 e. The lowest BCUT2D eigenvalue weighted by Gasteiger charge is -2.22. The van der Waals surface area contributed by atoms with Crippen LogP contribution in [0.15, 0.2) is 29.2 Å². The fraction of sp³-hybridized carbons (Fsp3) is 0.250. The van der Waals surface area contributed by atoms with Crippen LogP contribution < -0.4 is 0 Å². The van der Waals surface area contributed by atoms with Gasteiger partial charge in [0.1, 0.15) is 10.4 Å². The molecule has 1 aliphatic rings. The Hall–Kier alpha value is -2.19. The van der Waals surface area contributed by atoms with Gasteiger partial charge in [0.15, 0.2) is 0 Å². The first-order chi connectivity index (χ1) is 11.3. The van der Waals surface area contributed by atoms with Gasteiger partial charge in [-0.25, -0.2) is 4.79 Å². The number of rotatable bonds is 6. The van der Waals surface area contributed by atoms with Crippen LogP contribution in [0.5, 0.6) is 0 Å². The van der Waals surface area contributed by atoms with Crippen LogP contribution in [0.1, 0.15) is 24.0 Å². The van der Waals surface area contributed by atoms with Crippen molar-refractivity contribution >= 4 is 52.2 Å². The largest absolute Gasteiger partial charge is 0.481 e. The number of benzene rings is 1. The van der Waals surface area contributed by atoms with Crippen molar-refractivity contribution in [3.8, 4) is 0 Å².